The third-order valence-electron chi connectivity index (χ3n) is 12.6. The minimum atomic E-state index is 0.310. The first-order chi connectivity index (χ1) is 33.6. The van der Waals surface area contributed by atoms with E-state index in [9.17, 15) is 0 Å². The van der Waals surface area contributed by atoms with Gasteiger partial charge in [0, 0.05) is 54.3 Å². The highest BCUT2D eigenvalue weighted by atomic mass is 16.6. The van der Waals surface area contributed by atoms with Crippen molar-refractivity contribution >= 4 is 34.0 Å². The zero-order valence-electron chi connectivity index (χ0n) is 38.1. The van der Waals surface area contributed by atoms with Crippen LogP contribution >= 0.6 is 0 Å². The van der Waals surface area contributed by atoms with Gasteiger partial charge >= 0.3 is 0 Å². The van der Waals surface area contributed by atoms with Crippen molar-refractivity contribution in [1.82, 2.24) is 44.4 Å². The third-order valence-corrected chi connectivity index (χ3v) is 12.6. The van der Waals surface area contributed by atoms with Crippen molar-refractivity contribution in [3.8, 4) is 68.9 Å². The maximum absolute atomic E-state index is 5.83. The molecule has 348 valence electrons. The number of nitrogens with one attached hydrogen (secondary N) is 3. The molecule has 1 aliphatic carbocycles. The fourth-order valence-electron chi connectivity index (χ4n) is 9.26. The standard InChI is InChI=1S/C26H27N5O3.C25H26N6O3/c1-32-19-8-9-21-20(16-19)29-25(17-7-10-22-23(15-17)34-14-13-33-22)31(21)24-11-12-27-26(30-24)28-18-5-3-2-4-6-18;1-32-18-5-6-20-19(14-18)29-24(16-4-7-21-22(13-16)34-12-11-33-21)31(20)23-8-10-27-25(30-23)28-17-3-2-9-26-15-17/h7-12,15-16,18H,2-6,13-14H2,1H3,(H,27,28,30);4-8,10,13-14,17,26H,2-3,9,11-12,15H2,1H3,(H,27,28,30)/t;17-/m.0/s1. The Morgan fingerprint density at radius 1 is 0.529 bits per heavy atom. The number of piperidine rings is 1. The number of ether oxygens (including phenoxy) is 6. The number of nitrogens with zero attached hydrogens (tertiary/aromatic N) is 8. The summed E-state index contributed by atoms with van der Waals surface area (Å²) in [5, 5.41) is 10.4. The molecule has 17 nitrogen and oxygen atoms in total. The van der Waals surface area contributed by atoms with Gasteiger partial charge in [-0.25, -0.2) is 19.9 Å². The second-order valence-electron chi connectivity index (χ2n) is 17.1. The maximum Gasteiger partial charge on any atom is 0.224 e. The molecule has 1 saturated carbocycles. The molecule has 1 saturated heterocycles. The highest BCUT2D eigenvalue weighted by Crippen LogP contribution is 2.39. The molecule has 17 heteroatoms. The third kappa shape index (κ3) is 8.96. The number of anilines is 2. The van der Waals surface area contributed by atoms with Gasteiger partial charge in [-0.3, -0.25) is 9.13 Å². The maximum atomic E-state index is 5.83. The Morgan fingerprint density at radius 3 is 1.53 bits per heavy atom. The van der Waals surface area contributed by atoms with E-state index in [0.717, 1.165) is 130 Å². The lowest BCUT2D eigenvalue weighted by molar-refractivity contribution is 0.171. The summed E-state index contributed by atoms with van der Waals surface area (Å²) >= 11 is 0. The van der Waals surface area contributed by atoms with E-state index >= 15 is 0 Å². The SMILES string of the molecule is COc1ccc2c(c1)nc(-c1ccc3c(c1)OCCO3)n2-c1ccnc(NC2CCCCC2)n1.COc1ccc2c(c1)nc(-c1ccc3c(c1)OCCO3)n2-c1ccnc(N[C@H]2CCCNC2)n1. The minimum absolute atomic E-state index is 0.310. The highest BCUT2D eigenvalue weighted by molar-refractivity contribution is 5.86. The number of rotatable bonds is 10. The molecule has 8 aromatic rings. The Morgan fingerprint density at radius 2 is 1.03 bits per heavy atom. The summed E-state index contributed by atoms with van der Waals surface area (Å²) in [4.78, 5) is 28.6. The predicted octanol–water partition coefficient (Wildman–Crippen LogP) is 8.43. The van der Waals surface area contributed by atoms with Crippen LogP contribution in [-0.2, 0) is 0 Å². The molecule has 0 bridgehead atoms. The Bertz CT molecular complexity index is 2870. The fourth-order valence-corrected chi connectivity index (χ4v) is 9.26. The summed E-state index contributed by atoms with van der Waals surface area (Å²) < 4.78 is 38.0. The number of hydrogen-bond acceptors (Lipinski definition) is 15. The molecule has 1 atom stereocenters. The summed E-state index contributed by atoms with van der Waals surface area (Å²) in [6, 6.07) is 28.1. The predicted molar refractivity (Wildman–Crippen MR) is 259 cm³/mol. The van der Waals surface area contributed by atoms with Crippen LogP contribution in [0.25, 0.3) is 56.5 Å². The topological polar surface area (TPSA) is 179 Å². The number of fused-ring (bicyclic) bond motifs is 4. The van der Waals surface area contributed by atoms with Crippen LogP contribution in [0.3, 0.4) is 0 Å². The van der Waals surface area contributed by atoms with Gasteiger partial charge in [0.1, 0.15) is 61.2 Å². The summed E-state index contributed by atoms with van der Waals surface area (Å²) in [6.07, 6.45) is 11.9. The summed E-state index contributed by atoms with van der Waals surface area (Å²) in [5.74, 6) is 8.71. The quantitative estimate of drug-likeness (QED) is 0.119. The molecule has 12 rings (SSSR count). The van der Waals surface area contributed by atoms with E-state index in [0.29, 0.717) is 50.4 Å². The molecule has 4 aromatic heterocycles. The van der Waals surface area contributed by atoms with Crippen molar-refractivity contribution < 1.29 is 28.4 Å². The van der Waals surface area contributed by atoms with E-state index in [2.05, 4.69) is 30.5 Å². The van der Waals surface area contributed by atoms with E-state index in [1.54, 1.807) is 26.6 Å². The van der Waals surface area contributed by atoms with E-state index in [4.69, 9.17) is 48.4 Å². The van der Waals surface area contributed by atoms with E-state index < -0.39 is 0 Å². The second kappa shape index (κ2) is 19.3. The number of benzene rings is 4. The van der Waals surface area contributed by atoms with E-state index in [1.165, 1.54) is 19.3 Å². The second-order valence-corrected chi connectivity index (χ2v) is 17.1. The van der Waals surface area contributed by atoms with Crippen LogP contribution in [0.15, 0.2) is 97.3 Å². The number of methoxy groups -OCH3 is 2. The van der Waals surface area contributed by atoms with Crippen LogP contribution in [-0.4, -0.2) is 105 Å². The van der Waals surface area contributed by atoms with Gasteiger partial charge in [0.15, 0.2) is 23.0 Å². The Labute approximate surface area is 393 Å². The van der Waals surface area contributed by atoms with Gasteiger partial charge in [0.25, 0.3) is 0 Å². The first-order valence-corrected chi connectivity index (χ1v) is 23.4. The molecule has 0 radical (unpaired) electrons. The van der Waals surface area contributed by atoms with Gasteiger partial charge in [0.05, 0.1) is 36.3 Å². The van der Waals surface area contributed by atoms with Crippen molar-refractivity contribution in [2.75, 3.05) is 64.4 Å². The summed E-state index contributed by atoms with van der Waals surface area (Å²) in [6.45, 7) is 4.14. The normalized spacial score (nSPS) is 16.7. The van der Waals surface area contributed by atoms with Crippen molar-refractivity contribution in [1.29, 1.82) is 0 Å². The molecule has 0 spiro atoms. The Hall–Kier alpha value is -7.66. The zero-order valence-corrected chi connectivity index (χ0v) is 38.1. The number of hydrogen-bond donors (Lipinski definition) is 3. The summed E-state index contributed by atoms with van der Waals surface area (Å²) in [7, 11) is 3.32. The van der Waals surface area contributed by atoms with Crippen molar-refractivity contribution in [3.63, 3.8) is 0 Å². The Kier molecular flexibility index (Phi) is 12.2. The smallest absolute Gasteiger partial charge is 0.224 e. The lowest BCUT2D eigenvalue weighted by Gasteiger charge is -2.23. The largest absolute Gasteiger partial charge is 0.497 e. The van der Waals surface area contributed by atoms with E-state index in [1.807, 2.05) is 89.5 Å². The average molecular weight is 916 g/mol. The van der Waals surface area contributed by atoms with Crippen LogP contribution in [0.1, 0.15) is 44.9 Å². The van der Waals surface area contributed by atoms with Crippen LogP contribution in [0.4, 0.5) is 11.9 Å². The van der Waals surface area contributed by atoms with Gasteiger partial charge in [-0.05, 0) is 105 Å². The minimum Gasteiger partial charge on any atom is -0.497 e. The summed E-state index contributed by atoms with van der Waals surface area (Å²) in [5.41, 5.74) is 5.32. The molecule has 2 fully saturated rings. The van der Waals surface area contributed by atoms with Crippen molar-refractivity contribution in [3.05, 3.63) is 97.3 Å². The first kappa shape index (κ1) is 42.9. The molecule has 4 aromatic carbocycles. The van der Waals surface area contributed by atoms with Crippen molar-refractivity contribution in [2.24, 2.45) is 0 Å². The molecule has 0 unspecified atom stereocenters. The molecule has 4 aliphatic rings. The van der Waals surface area contributed by atoms with Crippen molar-refractivity contribution in [2.45, 2.75) is 57.0 Å². The molecular formula is C51H53N11O6. The van der Waals surface area contributed by atoms with Gasteiger partial charge in [-0.15, -0.1) is 0 Å². The first-order valence-electron chi connectivity index (χ1n) is 23.4. The molecular weight excluding hydrogens is 863 g/mol. The molecule has 68 heavy (non-hydrogen) atoms. The zero-order chi connectivity index (χ0) is 45.8. The lowest BCUT2D eigenvalue weighted by Crippen LogP contribution is -2.38. The Balaban J connectivity index is 0.000000149. The lowest BCUT2D eigenvalue weighted by atomic mass is 9.96. The molecule has 7 heterocycles. The average Bonchev–Trinajstić information content (AvgIpc) is 3.98. The van der Waals surface area contributed by atoms with Crippen LogP contribution in [0.2, 0.25) is 0 Å². The van der Waals surface area contributed by atoms with Crippen LogP contribution < -0.4 is 44.4 Å². The molecule has 0 amide bonds. The monoisotopic (exact) mass is 915 g/mol. The van der Waals surface area contributed by atoms with Gasteiger partial charge < -0.3 is 44.4 Å². The van der Waals surface area contributed by atoms with Gasteiger partial charge in [-0.2, -0.15) is 9.97 Å². The van der Waals surface area contributed by atoms with E-state index in [-0.39, 0.29) is 0 Å². The number of imidazole rings is 2. The molecule has 3 aliphatic heterocycles. The highest BCUT2D eigenvalue weighted by Gasteiger charge is 2.23. The van der Waals surface area contributed by atoms with Crippen LogP contribution in [0.5, 0.6) is 34.5 Å². The fraction of sp³-hybridized carbons (Fsp3) is 0.333. The van der Waals surface area contributed by atoms with Gasteiger partial charge in [-0.1, -0.05) is 19.3 Å². The number of aromatic nitrogens is 8. The molecule has 3 N–H and O–H groups in total. The van der Waals surface area contributed by atoms with Crippen LogP contribution in [0, 0.1) is 0 Å². The van der Waals surface area contributed by atoms with Gasteiger partial charge in [0.2, 0.25) is 11.9 Å².